The van der Waals surface area contributed by atoms with Crippen LogP contribution in [-0.2, 0) is 0 Å². The van der Waals surface area contributed by atoms with Crippen LogP contribution in [-0.4, -0.2) is 23.0 Å². The van der Waals surface area contributed by atoms with Gasteiger partial charge in [0.1, 0.15) is 0 Å². The molecule has 1 heterocycles. The van der Waals surface area contributed by atoms with Crippen LogP contribution in [0.5, 0.6) is 0 Å². The summed E-state index contributed by atoms with van der Waals surface area (Å²) in [7, 11) is 0. The molecule has 15 heavy (non-hydrogen) atoms. The average Bonchev–Trinajstić information content (AvgIpc) is 2.67. The van der Waals surface area contributed by atoms with Crippen molar-refractivity contribution in [3.8, 4) is 0 Å². The predicted molar refractivity (Wildman–Crippen MR) is 66.1 cm³/mol. The predicted octanol–water partition coefficient (Wildman–Crippen LogP) is 3.83. The minimum Gasteiger partial charge on any atom is -0.295 e. The first kappa shape index (κ1) is 11.4. The summed E-state index contributed by atoms with van der Waals surface area (Å²) >= 11 is 0. The molecule has 88 valence electrons. The fourth-order valence-corrected chi connectivity index (χ4v) is 3.63. The Bertz CT molecular complexity index is 198. The van der Waals surface area contributed by atoms with Gasteiger partial charge in [-0.15, -0.1) is 0 Å². The zero-order chi connectivity index (χ0) is 10.9. The Morgan fingerprint density at radius 2 is 1.53 bits per heavy atom. The maximum atomic E-state index is 2.78. The van der Waals surface area contributed by atoms with Gasteiger partial charge in [0.05, 0.1) is 0 Å². The van der Waals surface area contributed by atoms with E-state index in [1.54, 1.807) is 0 Å². The number of likely N-dealkylation sites (tertiary alicyclic amines) is 1. The lowest BCUT2D eigenvalue weighted by molar-refractivity contribution is 0.0727. The van der Waals surface area contributed by atoms with Crippen LogP contribution in [0.15, 0.2) is 0 Å². The van der Waals surface area contributed by atoms with Crippen molar-refractivity contribution in [1.82, 2.24) is 4.90 Å². The lowest BCUT2D eigenvalue weighted by Gasteiger charge is -2.41. The van der Waals surface area contributed by atoms with Crippen LogP contribution in [0.1, 0.15) is 65.7 Å². The van der Waals surface area contributed by atoms with Crippen molar-refractivity contribution in [2.75, 3.05) is 6.54 Å². The van der Waals surface area contributed by atoms with Gasteiger partial charge >= 0.3 is 0 Å². The molecule has 0 amide bonds. The van der Waals surface area contributed by atoms with Gasteiger partial charge in [-0.25, -0.2) is 0 Å². The highest BCUT2D eigenvalue weighted by molar-refractivity contribution is 4.92. The lowest BCUT2D eigenvalue weighted by atomic mass is 9.82. The molecule has 1 nitrogen and oxygen atoms in total. The van der Waals surface area contributed by atoms with Gasteiger partial charge in [-0.2, -0.15) is 0 Å². The lowest BCUT2D eigenvalue weighted by Crippen LogP contribution is -2.47. The molecule has 1 unspecified atom stereocenters. The second kappa shape index (κ2) is 4.45. The van der Waals surface area contributed by atoms with Gasteiger partial charge in [0, 0.05) is 11.6 Å². The standard InChI is InChI=1S/C14H27N/c1-14(2,3)15-11-7-10-13(15)12-8-5-4-6-9-12/h12-13H,4-11H2,1-3H3. The van der Waals surface area contributed by atoms with Crippen molar-refractivity contribution >= 4 is 0 Å². The van der Waals surface area contributed by atoms with Crippen LogP contribution in [0.2, 0.25) is 0 Å². The van der Waals surface area contributed by atoms with Crippen molar-refractivity contribution in [2.24, 2.45) is 5.92 Å². The Labute approximate surface area is 95.2 Å². The van der Waals surface area contributed by atoms with Gasteiger partial charge < -0.3 is 0 Å². The van der Waals surface area contributed by atoms with E-state index in [9.17, 15) is 0 Å². The normalized spacial score (nSPS) is 31.0. The highest BCUT2D eigenvalue weighted by atomic mass is 15.2. The monoisotopic (exact) mass is 209 g/mol. The van der Waals surface area contributed by atoms with E-state index in [1.807, 2.05) is 0 Å². The van der Waals surface area contributed by atoms with Crippen molar-refractivity contribution in [3.63, 3.8) is 0 Å². The Kier molecular flexibility index (Phi) is 3.39. The molecule has 0 aromatic rings. The van der Waals surface area contributed by atoms with E-state index in [2.05, 4.69) is 25.7 Å². The quantitative estimate of drug-likeness (QED) is 0.634. The zero-order valence-electron chi connectivity index (χ0n) is 10.8. The second-order valence-corrected chi connectivity index (χ2v) is 6.47. The molecule has 1 atom stereocenters. The molecular formula is C14H27N. The number of nitrogens with zero attached hydrogens (tertiary/aromatic N) is 1. The molecule has 0 radical (unpaired) electrons. The molecule has 1 aliphatic carbocycles. The van der Waals surface area contributed by atoms with E-state index in [0.717, 1.165) is 12.0 Å². The van der Waals surface area contributed by atoms with Crippen molar-refractivity contribution < 1.29 is 0 Å². The number of rotatable bonds is 1. The SMILES string of the molecule is CC(C)(C)N1CCCC1C1CCCCC1. The summed E-state index contributed by atoms with van der Waals surface area (Å²) in [5.74, 6) is 1.01. The molecule has 0 N–H and O–H groups in total. The van der Waals surface area contributed by atoms with E-state index in [4.69, 9.17) is 0 Å². The van der Waals surface area contributed by atoms with Gasteiger partial charge in [0.2, 0.25) is 0 Å². The molecular weight excluding hydrogens is 182 g/mol. The van der Waals surface area contributed by atoms with Crippen LogP contribution >= 0.6 is 0 Å². The molecule has 0 aromatic carbocycles. The maximum absolute atomic E-state index is 2.78. The van der Waals surface area contributed by atoms with E-state index in [-0.39, 0.29) is 0 Å². The molecule has 0 bridgehead atoms. The molecule has 1 aliphatic heterocycles. The van der Waals surface area contributed by atoms with Crippen LogP contribution in [0.4, 0.5) is 0 Å². The van der Waals surface area contributed by atoms with Gasteiger partial charge in [0.25, 0.3) is 0 Å². The molecule has 1 saturated heterocycles. The van der Waals surface area contributed by atoms with Gasteiger partial charge in [-0.3, -0.25) is 4.90 Å². The summed E-state index contributed by atoms with van der Waals surface area (Å²) in [6.07, 6.45) is 10.3. The third-order valence-corrected chi connectivity index (χ3v) is 4.35. The van der Waals surface area contributed by atoms with Crippen molar-refractivity contribution in [1.29, 1.82) is 0 Å². The summed E-state index contributed by atoms with van der Waals surface area (Å²) in [4.78, 5) is 2.78. The van der Waals surface area contributed by atoms with E-state index in [1.165, 1.54) is 51.5 Å². The molecule has 2 fully saturated rings. The topological polar surface area (TPSA) is 3.24 Å². The molecule has 2 rings (SSSR count). The van der Waals surface area contributed by atoms with Crippen LogP contribution in [0, 0.1) is 5.92 Å². The maximum Gasteiger partial charge on any atom is 0.0129 e. The summed E-state index contributed by atoms with van der Waals surface area (Å²) in [6, 6.07) is 0.908. The summed E-state index contributed by atoms with van der Waals surface area (Å²) in [5, 5.41) is 0. The molecule has 2 aliphatic rings. The van der Waals surface area contributed by atoms with Crippen LogP contribution < -0.4 is 0 Å². The van der Waals surface area contributed by atoms with Crippen LogP contribution in [0.3, 0.4) is 0 Å². The van der Waals surface area contributed by atoms with E-state index in [0.29, 0.717) is 5.54 Å². The van der Waals surface area contributed by atoms with Gasteiger partial charge in [0.15, 0.2) is 0 Å². The molecule has 0 spiro atoms. The summed E-state index contributed by atoms with van der Waals surface area (Å²) in [6.45, 7) is 8.49. The zero-order valence-corrected chi connectivity index (χ0v) is 10.8. The Morgan fingerprint density at radius 3 is 2.13 bits per heavy atom. The van der Waals surface area contributed by atoms with Gasteiger partial charge in [-0.05, 0) is 58.9 Å². The third kappa shape index (κ3) is 2.55. The summed E-state index contributed by atoms with van der Waals surface area (Å²) < 4.78 is 0. The van der Waals surface area contributed by atoms with E-state index < -0.39 is 0 Å². The van der Waals surface area contributed by atoms with Crippen molar-refractivity contribution in [2.45, 2.75) is 77.3 Å². The minimum absolute atomic E-state index is 0.388. The number of hydrogen-bond acceptors (Lipinski definition) is 1. The highest BCUT2D eigenvalue weighted by Crippen LogP contribution is 2.37. The second-order valence-electron chi connectivity index (χ2n) is 6.47. The Balaban J connectivity index is 2.00. The average molecular weight is 209 g/mol. The minimum atomic E-state index is 0.388. The first-order valence-corrected chi connectivity index (χ1v) is 6.86. The van der Waals surface area contributed by atoms with Gasteiger partial charge in [-0.1, -0.05) is 19.3 Å². The molecule has 1 saturated carbocycles. The Hall–Kier alpha value is -0.0400. The first-order valence-electron chi connectivity index (χ1n) is 6.86. The van der Waals surface area contributed by atoms with Crippen molar-refractivity contribution in [3.05, 3.63) is 0 Å². The first-order chi connectivity index (χ1) is 7.09. The Morgan fingerprint density at radius 1 is 0.867 bits per heavy atom. The molecule has 0 aromatic heterocycles. The van der Waals surface area contributed by atoms with E-state index >= 15 is 0 Å². The highest BCUT2D eigenvalue weighted by Gasteiger charge is 2.37. The third-order valence-electron chi connectivity index (χ3n) is 4.35. The van der Waals surface area contributed by atoms with Crippen LogP contribution in [0.25, 0.3) is 0 Å². The number of hydrogen-bond donors (Lipinski definition) is 0. The largest absolute Gasteiger partial charge is 0.295 e. The summed E-state index contributed by atoms with van der Waals surface area (Å²) in [5.41, 5.74) is 0.388. The fourth-order valence-electron chi connectivity index (χ4n) is 3.63. The fraction of sp³-hybridized carbons (Fsp3) is 1.00. The smallest absolute Gasteiger partial charge is 0.0129 e. The molecule has 1 heteroatoms.